The summed E-state index contributed by atoms with van der Waals surface area (Å²) in [6.07, 6.45) is 3.01. The van der Waals surface area contributed by atoms with E-state index in [1.54, 1.807) is 12.1 Å². The Morgan fingerprint density at radius 2 is 2.26 bits per heavy atom. The van der Waals surface area contributed by atoms with Gasteiger partial charge in [-0.1, -0.05) is 6.42 Å². The van der Waals surface area contributed by atoms with Crippen molar-refractivity contribution in [3.05, 3.63) is 39.4 Å². The zero-order chi connectivity index (χ0) is 13.8. The van der Waals surface area contributed by atoms with Gasteiger partial charge in [0, 0.05) is 17.7 Å². The Bertz CT molecular complexity index is 495. The Morgan fingerprint density at radius 3 is 2.84 bits per heavy atom. The van der Waals surface area contributed by atoms with E-state index in [1.807, 2.05) is 0 Å². The van der Waals surface area contributed by atoms with Crippen LogP contribution in [0.4, 0.5) is 5.69 Å². The maximum absolute atomic E-state index is 11.4. The zero-order valence-electron chi connectivity index (χ0n) is 10.7. The summed E-state index contributed by atoms with van der Waals surface area (Å²) in [6.45, 7) is 0.862. The number of ether oxygens (including phenoxy) is 1. The molecule has 0 spiro atoms. The summed E-state index contributed by atoms with van der Waals surface area (Å²) < 4.78 is 4.58. The van der Waals surface area contributed by atoms with Gasteiger partial charge in [0.2, 0.25) is 0 Å². The van der Waals surface area contributed by atoms with Gasteiger partial charge < -0.3 is 10.1 Å². The molecule has 1 unspecified atom stereocenters. The second-order valence-electron chi connectivity index (χ2n) is 4.52. The van der Waals surface area contributed by atoms with Crippen LogP contribution in [0.25, 0.3) is 0 Å². The van der Waals surface area contributed by atoms with Crippen LogP contribution in [-0.2, 0) is 4.74 Å². The number of piperidine rings is 1. The summed E-state index contributed by atoms with van der Waals surface area (Å²) in [5.41, 5.74) is 0.813. The van der Waals surface area contributed by atoms with Crippen LogP contribution in [0.3, 0.4) is 0 Å². The van der Waals surface area contributed by atoms with Crippen LogP contribution in [-0.4, -0.2) is 24.5 Å². The first-order chi connectivity index (χ1) is 9.13. The monoisotopic (exact) mass is 264 g/mol. The molecule has 19 heavy (non-hydrogen) atoms. The number of esters is 1. The van der Waals surface area contributed by atoms with Crippen molar-refractivity contribution in [1.29, 1.82) is 0 Å². The third-order valence-electron chi connectivity index (χ3n) is 3.33. The van der Waals surface area contributed by atoms with Crippen molar-refractivity contribution in [1.82, 2.24) is 5.32 Å². The van der Waals surface area contributed by atoms with E-state index in [0.717, 1.165) is 25.8 Å². The highest BCUT2D eigenvalue weighted by atomic mass is 16.6. The average molecular weight is 264 g/mol. The summed E-state index contributed by atoms with van der Waals surface area (Å²) in [7, 11) is 1.25. The lowest BCUT2D eigenvalue weighted by atomic mass is 9.95. The molecular formula is C13H16N2O4. The predicted octanol–water partition coefficient (Wildman–Crippen LogP) is 2.20. The number of nitro groups is 1. The van der Waals surface area contributed by atoms with Crippen molar-refractivity contribution < 1.29 is 14.5 Å². The Kier molecular flexibility index (Phi) is 4.11. The van der Waals surface area contributed by atoms with Crippen molar-refractivity contribution in [3.63, 3.8) is 0 Å². The number of hydrogen-bond acceptors (Lipinski definition) is 5. The highest BCUT2D eigenvalue weighted by Gasteiger charge is 2.25. The largest absolute Gasteiger partial charge is 0.465 e. The van der Waals surface area contributed by atoms with Crippen molar-refractivity contribution >= 4 is 11.7 Å². The van der Waals surface area contributed by atoms with E-state index in [1.165, 1.54) is 13.2 Å². The first kappa shape index (κ1) is 13.5. The molecule has 6 nitrogen and oxygen atoms in total. The molecule has 102 valence electrons. The number of carbonyl (C=O) groups excluding carboxylic acids is 1. The van der Waals surface area contributed by atoms with Crippen molar-refractivity contribution in [3.8, 4) is 0 Å². The lowest BCUT2D eigenvalue weighted by Gasteiger charge is -2.23. The van der Waals surface area contributed by atoms with Gasteiger partial charge in [-0.25, -0.2) is 4.79 Å². The van der Waals surface area contributed by atoms with E-state index < -0.39 is 10.9 Å². The fourth-order valence-electron chi connectivity index (χ4n) is 2.36. The van der Waals surface area contributed by atoms with Gasteiger partial charge in [0.15, 0.2) is 0 Å². The molecule has 1 N–H and O–H groups in total. The number of nitrogens with zero attached hydrogens (tertiary/aromatic N) is 1. The number of nitrogens with one attached hydrogen (secondary N) is 1. The number of carbonyl (C=O) groups is 1. The summed E-state index contributed by atoms with van der Waals surface area (Å²) >= 11 is 0. The Balaban J connectivity index is 2.37. The lowest BCUT2D eigenvalue weighted by Crippen LogP contribution is -2.27. The van der Waals surface area contributed by atoms with Gasteiger partial charge in [0.1, 0.15) is 0 Å². The Labute approximate surface area is 110 Å². The van der Waals surface area contributed by atoms with Gasteiger partial charge in [-0.3, -0.25) is 10.1 Å². The van der Waals surface area contributed by atoms with E-state index in [4.69, 9.17) is 0 Å². The number of methoxy groups -OCH3 is 1. The molecule has 0 radical (unpaired) electrons. The number of nitro benzene ring substituents is 1. The van der Waals surface area contributed by atoms with Gasteiger partial charge in [0.05, 0.1) is 17.6 Å². The van der Waals surface area contributed by atoms with Crippen LogP contribution >= 0.6 is 0 Å². The number of benzene rings is 1. The fraction of sp³-hybridized carbons (Fsp3) is 0.462. The molecule has 0 aliphatic carbocycles. The first-order valence-corrected chi connectivity index (χ1v) is 6.23. The van der Waals surface area contributed by atoms with Gasteiger partial charge in [0.25, 0.3) is 5.69 Å². The molecule has 0 aromatic heterocycles. The molecule has 6 heteroatoms. The smallest absolute Gasteiger partial charge is 0.338 e. The molecule has 0 amide bonds. The Hall–Kier alpha value is -1.95. The summed E-state index contributed by atoms with van der Waals surface area (Å²) in [4.78, 5) is 22.1. The van der Waals surface area contributed by atoms with Gasteiger partial charge in [-0.2, -0.15) is 0 Å². The minimum Gasteiger partial charge on any atom is -0.465 e. The lowest BCUT2D eigenvalue weighted by molar-refractivity contribution is -0.385. The van der Waals surface area contributed by atoms with E-state index in [2.05, 4.69) is 10.1 Å². The van der Waals surface area contributed by atoms with Crippen LogP contribution in [0, 0.1) is 10.1 Å². The number of hydrogen-bond donors (Lipinski definition) is 1. The van der Waals surface area contributed by atoms with E-state index in [0.29, 0.717) is 5.56 Å². The second-order valence-corrected chi connectivity index (χ2v) is 4.52. The van der Waals surface area contributed by atoms with Crippen molar-refractivity contribution in [2.75, 3.05) is 13.7 Å². The quantitative estimate of drug-likeness (QED) is 0.514. The molecule has 1 saturated heterocycles. The summed E-state index contributed by atoms with van der Waals surface area (Å²) in [5, 5.41) is 14.4. The normalized spacial score (nSPS) is 18.9. The molecule has 1 aliphatic heterocycles. The molecule has 0 bridgehead atoms. The topological polar surface area (TPSA) is 81.5 Å². The molecule has 1 aromatic carbocycles. The summed E-state index contributed by atoms with van der Waals surface area (Å²) in [6, 6.07) is 4.50. The fourth-order valence-corrected chi connectivity index (χ4v) is 2.36. The standard InChI is InChI=1S/C13H16N2O4/c1-19-13(16)9-5-6-10(12(8-9)15(17)18)11-4-2-3-7-14-11/h5-6,8,11,14H,2-4,7H2,1H3. The predicted molar refractivity (Wildman–Crippen MR) is 69.0 cm³/mol. The minimum absolute atomic E-state index is 0.0131. The van der Waals surface area contributed by atoms with E-state index in [-0.39, 0.29) is 17.3 Å². The first-order valence-electron chi connectivity index (χ1n) is 6.23. The van der Waals surface area contributed by atoms with Crippen LogP contribution in [0.2, 0.25) is 0 Å². The van der Waals surface area contributed by atoms with Gasteiger partial charge in [-0.15, -0.1) is 0 Å². The van der Waals surface area contributed by atoms with Gasteiger partial charge >= 0.3 is 5.97 Å². The second kappa shape index (κ2) is 5.79. The Morgan fingerprint density at radius 1 is 1.47 bits per heavy atom. The highest BCUT2D eigenvalue weighted by Crippen LogP contribution is 2.31. The molecule has 1 atom stereocenters. The maximum atomic E-state index is 11.4. The van der Waals surface area contributed by atoms with E-state index in [9.17, 15) is 14.9 Å². The summed E-state index contributed by atoms with van der Waals surface area (Å²) in [5.74, 6) is -0.564. The van der Waals surface area contributed by atoms with Crippen LogP contribution in [0.15, 0.2) is 18.2 Å². The average Bonchev–Trinajstić information content (AvgIpc) is 2.46. The minimum atomic E-state index is -0.564. The van der Waals surface area contributed by atoms with Crippen LogP contribution in [0.5, 0.6) is 0 Å². The van der Waals surface area contributed by atoms with E-state index >= 15 is 0 Å². The molecule has 2 rings (SSSR count). The molecular weight excluding hydrogens is 248 g/mol. The molecule has 1 aromatic rings. The van der Waals surface area contributed by atoms with Crippen LogP contribution in [0.1, 0.15) is 41.2 Å². The van der Waals surface area contributed by atoms with Crippen molar-refractivity contribution in [2.24, 2.45) is 0 Å². The third kappa shape index (κ3) is 2.90. The van der Waals surface area contributed by atoms with Gasteiger partial charge in [-0.05, 0) is 31.5 Å². The molecule has 0 saturated carbocycles. The molecule has 1 fully saturated rings. The number of rotatable bonds is 3. The molecule has 1 aliphatic rings. The van der Waals surface area contributed by atoms with Crippen LogP contribution < -0.4 is 5.32 Å². The van der Waals surface area contributed by atoms with Crippen molar-refractivity contribution in [2.45, 2.75) is 25.3 Å². The molecule has 1 heterocycles. The SMILES string of the molecule is COC(=O)c1ccc(C2CCCCN2)c([N+](=O)[O-])c1. The zero-order valence-corrected chi connectivity index (χ0v) is 10.7. The highest BCUT2D eigenvalue weighted by molar-refractivity contribution is 5.90. The maximum Gasteiger partial charge on any atom is 0.338 e. The third-order valence-corrected chi connectivity index (χ3v) is 3.33.